The summed E-state index contributed by atoms with van der Waals surface area (Å²) in [5.74, 6) is 0.843. The molecule has 1 aromatic rings. The number of rotatable bonds is 3. The molecule has 4 heteroatoms. The van der Waals surface area contributed by atoms with Gasteiger partial charge in [-0.15, -0.1) is 0 Å². The largest absolute Gasteiger partial charge is 0.372 e. The molecular weight excluding hydrogens is 286 g/mol. The zero-order valence-electron chi connectivity index (χ0n) is 14.2. The second-order valence-electron chi connectivity index (χ2n) is 7.15. The second-order valence-corrected chi connectivity index (χ2v) is 7.15. The third-order valence-corrected chi connectivity index (χ3v) is 5.21. The molecule has 1 heterocycles. The van der Waals surface area contributed by atoms with E-state index in [1.54, 1.807) is 0 Å². The van der Waals surface area contributed by atoms with Gasteiger partial charge in [-0.3, -0.25) is 0 Å². The van der Waals surface area contributed by atoms with Crippen LogP contribution in [0, 0.1) is 5.92 Å². The molecule has 0 aromatic heterocycles. The summed E-state index contributed by atoms with van der Waals surface area (Å²) in [7, 11) is 0. The monoisotopic (exact) mass is 315 g/mol. The van der Waals surface area contributed by atoms with Gasteiger partial charge in [0.05, 0.1) is 0 Å². The summed E-state index contributed by atoms with van der Waals surface area (Å²) >= 11 is 0. The summed E-state index contributed by atoms with van der Waals surface area (Å²) in [6.45, 7) is 4.60. The number of benzene rings is 1. The molecule has 0 atom stereocenters. The van der Waals surface area contributed by atoms with Crippen molar-refractivity contribution in [2.75, 3.05) is 23.3 Å². The van der Waals surface area contributed by atoms with Gasteiger partial charge < -0.3 is 15.5 Å². The molecule has 1 aromatic carbocycles. The van der Waals surface area contributed by atoms with Gasteiger partial charge in [0.1, 0.15) is 0 Å². The van der Waals surface area contributed by atoms with Crippen molar-refractivity contribution < 1.29 is 4.79 Å². The molecule has 23 heavy (non-hydrogen) atoms. The van der Waals surface area contributed by atoms with Crippen LogP contribution in [-0.2, 0) is 0 Å². The Bertz CT molecular complexity index is 500. The van der Waals surface area contributed by atoms with E-state index >= 15 is 0 Å². The van der Waals surface area contributed by atoms with E-state index in [4.69, 9.17) is 0 Å². The van der Waals surface area contributed by atoms with Gasteiger partial charge in [0, 0.05) is 30.5 Å². The maximum Gasteiger partial charge on any atom is 0.319 e. The first-order valence-electron chi connectivity index (χ1n) is 9.13. The number of urea groups is 1. The van der Waals surface area contributed by atoms with Crippen molar-refractivity contribution in [3.63, 3.8) is 0 Å². The lowest BCUT2D eigenvalue weighted by Crippen LogP contribution is -2.39. The van der Waals surface area contributed by atoms with Gasteiger partial charge in [-0.25, -0.2) is 4.79 Å². The van der Waals surface area contributed by atoms with Gasteiger partial charge in [0.2, 0.25) is 0 Å². The molecule has 1 saturated heterocycles. The minimum atomic E-state index is -0.0727. The van der Waals surface area contributed by atoms with Gasteiger partial charge in [-0.05, 0) is 55.9 Å². The van der Waals surface area contributed by atoms with Crippen LogP contribution in [0.3, 0.4) is 0 Å². The van der Waals surface area contributed by atoms with Gasteiger partial charge in [-0.1, -0.05) is 26.2 Å². The van der Waals surface area contributed by atoms with Crippen molar-refractivity contribution in [2.24, 2.45) is 5.92 Å². The number of anilines is 2. The zero-order valence-corrected chi connectivity index (χ0v) is 14.2. The Balaban J connectivity index is 1.49. The Morgan fingerprint density at radius 1 is 1.00 bits per heavy atom. The van der Waals surface area contributed by atoms with Crippen LogP contribution in [0.2, 0.25) is 0 Å². The lowest BCUT2D eigenvalue weighted by atomic mass is 9.96. The Morgan fingerprint density at radius 2 is 1.65 bits per heavy atom. The average Bonchev–Trinajstić information content (AvgIpc) is 2.57. The predicted octanol–water partition coefficient (Wildman–Crippen LogP) is 4.38. The van der Waals surface area contributed by atoms with Gasteiger partial charge in [0.15, 0.2) is 0 Å². The minimum absolute atomic E-state index is 0.0727. The lowest BCUT2D eigenvalue weighted by Gasteiger charge is -2.32. The van der Waals surface area contributed by atoms with Crippen LogP contribution in [0.25, 0.3) is 0 Å². The Labute approximate surface area is 139 Å². The summed E-state index contributed by atoms with van der Waals surface area (Å²) in [6, 6.07) is 8.52. The van der Waals surface area contributed by atoms with Crippen molar-refractivity contribution in [3.05, 3.63) is 24.3 Å². The molecule has 0 unspecified atom stereocenters. The molecule has 126 valence electrons. The fraction of sp³-hybridized carbons (Fsp3) is 0.632. The Hall–Kier alpha value is -1.71. The summed E-state index contributed by atoms with van der Waals surface area (Å²) < 4.78 is 0. The first-order chi connectivity index (χ1) is 11.2. The molecule has 1 aliphatic carbocycles. The van der Waals surface area contributed by atoms with Crippen molar-refractivity contribution in [1.82, 2.24) is 5.32 Å². The van der Waals surface area contributed by atoms with E-state index in [0.717, 1.165) is 37.5 Å². The third kappa shape index (κ3) is 4.63. The third-order valence-electron chi connectivity index (χ3n) is 5.21. The van der Waals surface area contributed by atoms with E-state index in [2.05, 4.69) is 34.6 Å². The number of hydrogen-bond acceptors (Lipinski definition) is 2. The molecule has 0 bridgehead atoms. The number of nitrogens with zero attached hydrogens (tertiary/aromatic N) is 1. The Kier molecular flexibility index (Phi) is 5.42. The lowest BCUT2D eigenvalue weighted by molar-refractivity contribution is 0.244. The van der Waals surface area contributed by atoms with E-state index in [9.17, 15) is 4.79 Å². The van der Waals surface area contributed by atoms with Crippen molar-refractivity contribution >= 4 is 17.4 Å². The molecule has 4 nitrogen and oxygen atoms in total. The maximum atomic E-state index is 12.1. The maximum absolute atomic E-state index is 12.1. The topological polar surface area (TPSA) is 44.4 Å². The standard InChI is InChI=1S/C19H29N3O/c1-15-11-13-22(14-12-15)18-9-7-17(8-10-18)21-19(23)20-16-5-3-2-4-6-16/h7-10,15-16H,2-6,11-14H2,1H3,(H2,20,21,23). The van der Waals surface area contributed by atoms with Crippen LogP contribution in [0.4, 0.5) is 16.2 Å². The molecule has 2 amide bonds. The van der Waals surface area contributed by atoms with E-state index in [0.29, 0.717) is 6.04 Å². The van der Waals surface area contributed by atoms with Crippen molar-refractivity contribution in [2.45, 2.75) is 57.9 Å². The number of hydrogen-bond donors (Lipinski definition) is 2. The van der Waals surface area contributed by atoms with E-state index in [1.165, 1.54) is 37.8 Å². The predicted molar refractivity (Wildman–Crippen MR) is 96.1 cm³/mol. The summed E-state index contributed by atoms with van der Waals surface area (Å²) in [5.41, 5.74) is 2.13. The van der Waals surface area contributed by atoms with Crippen molar-refractivity contribution in [3.8, 4) is 0 Å². The van der Waals surface area contributed by atoms with Crippen LogP contribution >= 0.6 is 0 Å². The molecule has 0 radical (unpaired) electrons. The van der Waals surface area contributed by atoms with Crippen LogP contribution in [0.15, 0.2) is 24.3 Å². The van der Waals surface area contributed by atoms with Crippen LogP contribution in [0.5, 0.6) is 0 Å². The number of carbonyl (C=O) groups is 1. The van der Waals surface area contributed by atoms with Gasteiger partial charge in [-0.2, -0.15) is 0 Å². The van der Waals surface area contributed by atoms with Crippen LogP contribution < -0.4 is 15.5 Å². The van der Waals surface area contributed by atoms with Gasteiger partial charge >= 0.3 is 6.03 Å². The normalized spacial score (nSPS) is 20.3. The summed E-state index contributed by atoms with van der Waals surface area (Å²) in [5, 5.41) is 6.05. The highest BCUT2D eigenvalue weighted by Gasteiger charge is 2.17. The van der Waals surface area contributed by atoms with Crippen molar-refractivity contribution in [1.29, 1.82) is 0 Å². The second kappa shape index (κ2) is 7.71. The highest BCUT2D eigenvalue weighted by molar-refractivity contribution is 5.89. The molecule has 1 aliphatic heterocycles. The molecular formula is C19H29N3O. The van der Waals surface area contributed by atoms with Crippen LogP contribution in [0.1, 0.15) is 51.9 Å². The molecule has 1 saturated carbocycles. The summed E-state index contributed by atoms with van der Waals surface area (Å²) in [6.07, 6.45) is 8.52. The molecule has 2 N–H and O–H groups in total. The van der Waals surface area contributed by atoms with E-state index in [1.807, 2.05) is 12.1 Å². The fourth-order valence-electron chi connectivity index (χ4n) is 3.62. The SMILES string of the molecule is CC1CCN(c2ccc(NC(=O)NC3CCCCC3)cc2)CC1. The van der Waals surface area contributed by atoms with Gasteiger partial charge in [0.25, 0.3) is 0 Å². The molecule has 0 spiro atoms. The molecule has 2 aliphatic rings. The first kappa shape index (κ1) is 16.2. The zero-order chi connectivity index (χ0) is 16.1. The highest BCUT2D eigenvalue weighted by Crippen LogP contribution is 2.24. The first-order valence-corrected chi connectivity index (χ1v) is 9.13. The smallest absolute Gasteiger partial charge is 0.319 e. The summed E-state index contributed by atoms with van der Waals surface area (Å²) in [4.78, 5) is 14.5. The highest BCUT2D eigenvalue weighted by atomic mass is 16.2. The average molecular weight is 315 g/mol. The fourth-order valence-corrected chi connectivity index (χ4v) is 3.62. The minimum Gasteiger partial charge on any atom is -0.372 e. The number of amides is 2. The number of carbonyl (C=O) groups excluding carboxylic acids is 1. The molecule has 3 rings (SSSR count). The quantitative estimate of drug-likeness (QED) is 0.869. The van der Waals surface area contributed by atoms with E-state index in [-0.39, 0.29) is 6.03 Å². The van der Waals surface area contributed by atoms with E-state index < -0.39 is 0 Å². The molecule has 2 fully saturated rings. The van der Waals surface area contributed by atoms with Crippen LogP contribution in [-0.4, -0.2) is 25.2 Å². The Morgan fingerprint density at radius 3 is 2.30 bits per heavy atom. The number of nitrogens with one attached hydrogen (secondary N) is 2. The number of piperidine rings is 1.